The predicted octanol–water partition coefficient (Wildman–Crippen LogP) is 5.75. The van der Waals surface area contributed by atoms with Gasteiger partial charge in [-0.1, -0.05) is 61.2 Å². The van der Waals surface area contributed by atoms with Gasteiger partial charge in [0.25, 0.3) is 0 Å². The van der Waals surface area contributed by atoms with Gasteiger partial charge in [-0.15, -0.1) is 0 Å². The molecule has 24 heavy (non-hydrogen) atoms. The van der Waals surface area contributed by atoms with Crippen molar-refractivity contribution in [3.05, 3.63) is 90.5 Å². The molecule has 0 saturated heterocycles. The summed E-state index contributed by atoms with van der Waals surface area (Å²) in [5.41, 5.74) is 7.39. The normalized spacial score (nSPS) is 12.5. The Morgan fingerprint density at radius 3 is 1.75 bits per heavy atom. The Morgan fingerprint density at radius 2 is 1.25 bits per heavy atom. The molecule has 4 rings (SSSR count). The Kier molecular flexibility index (Phi) is 3.58. The Hall–Kier alpha value is -3.00. The number of fused-ring (bicyclic) bond motifs is 2. The van der Waals surface area contributed by atoms with E-state index in [4.69, 9.17) is 0 Å². The molecule has 0 unspecified atom stereocenters. The molecule has 3 aromatic carbocycles. The fourth-order valence-electron chi connectivity index (χ4n) is 3.32. The van der Waals surface area contributed by atoms with Crippen molar-refractivity contribution in [3.8, 4) is 0 Å². The van der Waals surface area contributed by atoms with E-state index in [1.807, 2.05) is 6.08 Å². The molecule has 0 atom stereocenters. The summed E-state index contributed by atoms with van der Waals surface area (Å²) >= 11 is 0. The lowest BCUT2D eigenvalue weighted by Gasteiger charge is -2.38. The number of para-hydroxylation sites is 4. The molecule has 1 aliphatic heterocycles. The summed E-state index contributed by atoms with van der Waals surface area (Å²) in [5, 5.41) is 0. The van der Waals surface area contributed by atoms with E-state index in [0.717, 1.165) is 12.1 Å². The van der Waals surface area contributed by atoms with E-state index >= 15 is 0 Å². The van der Waals surface area contributed by atoms with Crippen LogP contribution in [-0.2, 0) is 6.54 Å². The molecular weight excluding hydrogens is 292 g/mol. The fraction of sp³-hybridized carbons (Fsp3) is 0.0909. The van der Waals surface area contributed by atoms with Crippen LogP contribution in [0.2, 0.25) is 0 Å². The van der Waals surface area contributed by atoms with Crippen LogP contribution >= 0.6 is 0 Å². The Morgan fingerprint density at radius 1 is 0.750 bits per heavy atom. The molecule has 0 aromatic heterocycles. The molecule has 0 fully saturated rings. The number of nitrogens with zero attached hydrogens (tertiary/aromatic N) is 2. The van der Waals surface area contributed by atoms with E-state index in [1.54, 1.807) is 0 Å². The summed E-state index contributed by atoms with van der Waals surface area (Å²) < 4.78 is 0. The molecular formula is C22H20N2. The molecule has 2 heteroatoms. The first-order chi connectivity index (χ1) is 11.8. The first-order valence-electron chi connectivity index (χ1n) is 8.18. The number of rotatable bonds is 3. The van der Waals surface area contributed by atoms with E-state index < -0.39 is 0 Å². The Balaban J connectivity index is 1.79. The number of hydrogen-bond acceptors (Lipinski definition) is 2. The number of anilines is 4. The molecule has 0 saturated carbocycles. The van der Waals surface area contributed by atoms with Crippen LogP contribution in [0.1, 0.15) is 11.1 Å². The highest BCUT2D eigenvalue weighted by atomic mass is 15.3. The van der Waals surface area contributed by atoms with Crippen molar-refractivity contribution in [1.29, 1.82) is 0 Å². The summed E-state index contributed by atoms with van der Waals surface area (Å²) in [6, 6.07) is 25.8. The van der Waals surface area contributed by atoms with Gasteiger partial charge in [0.2, 0.25) is 0 Å². The van der Waals surface area contributed by atoms with E-state index in [2.05, 4.69) is 96.2 Å². The van der Waals surface area contributed by atoms with Gasteiger partial charge in [0.15, 0.2) is 0 Å². The minimum atomic E-state index is 0.847. The average Bonchev–Trinajstić information content (AvgIpc) is 2.65. The Bertz CT molecular complexity index is 833. The third kappa shape index (κ3) is 2.37. The van der Waals surface area contributed by atoms with Crippen LogP contribution in [0.25, 0.3) is 6.08 Å². The van der Waals surface area contributed by atoms with Crippen LogP contribution in [0.4, 0.5) is 22.7 Å². The monoisotopic (exact) mass is 312 g/mol. The van der Waals surface area contributed by atoms with Crippen molar-refractivity contribution in [1.82, 2.24) is 0 Å². The molecule has 0 amide bonds. The Labute approximate surface area is 143 Å². The summed E-state index contributed by atoms with van der Waals surface area (Å²) in [7, 11) is 2.13. The van der Waals surface area contributed by atoms with Crippen molar-refractivity contribution in [2.45, 2.75) is 6.54 Å². The van der Waals surface area contributed by atoms with Gasteiger partial charge >= 0.3 is 0 Å². The van der Waals surface area contributed by atoms with Gasteiger partial charge in [0, 0.05) is 13.6 Å². The largest absolute Gasteiger partial charge is 0.341 e. The van der Waals surface area contributed by atoms with Gasteiger partial charge in [-0.3, -0.25) is 0 Å². The second-order valence-corrected chi connectivity index (χ2v) is 6.07. The standard InChI is InChI=1S/C22H20N2/c1-3-17-12-14-18(15-13-17)16-24-21-10-6-4-8-19(21)23(2)20-9-5-7-11-22(20)24/h3-15H,1,16H2,2H3. The van der Waals surface area contributed by atoms with Crippen LogP contribution in [0, 0.1) is 0 Å². The maximum Gasteiger partial charge on any atom is 0.0655 e. The quantitative estimate of drug-likeness (QED) is 0.607. The van der Waals surface area contributed by atoms with Crippen molar-refractivity contribution >= 4 is 28.8 Å². The number of hydrogen-bond donors (Lipinski definition) is 0. The molecule has 0 aliphatic carbocycles. The molecule has 118 valence electrons. The molecule has 1 heterocycles. The van der Waals surface area contributed by atoms with Crippen LogP contribution in [0.5, 0.6) is 0 Å². The van der Waals surface area contributed by atoms with Crippen molar-refractivity contribution in [2.75, 3.05) is 16.8 Å². The van der Waals surface area contributed by atoms with Gasteiger partial charge in [0.1, 0.15) is 0 Å². The molecule has 1 aliphatic rings. The minimum absolute atomic E-state index is 0.847. The minimum Gasteiger partial charge on any atom is -0.341 e. The van der Waals surface area contributed by atoms with Crippen LogP contribution in [0.15, 0.2) is 79.4 Å². The molecule has 0 bridgehead atoms. The van der Waals surface area contributed by atoms with E-state index in [1.165, 1.54) is 28.3 Å². The maximum atomic E-state index is 3.83. The molecule has 0 radical (unpaired) electrons. The summed E-state index contributed by atoms with van der Waals surface area (Å²) in [6.45, 7) is 4.67. The van der Waals surface area contributed by atoms with Crippen LogP contribution < -0.4 is 9.80 Å². The zero-order chi connectivity index (χ0) is 16.5. The van der Waals surface area contributed by atoms with Crippen molar-refractivity contribution in [3.63, 3.8) is 0 Å². The second kappa shape index (κ2) is 5.89. The summed E-state index contributed by atoms with van der Waals surface area (Å²) in [6.07, 6.45) is 1.88. The second-order valence-electron chi connectivity index (χ2n) is 6.07. The first-order valence-corrected chi connectivity index (χ1v) is 8.18. The van der Waals surface area contributed by atoms with Crippen LogP contribution in [-0.4, -0.2) is 7.05 Å². The van der Waals surface area contributed by atoms with E-state index in [9.17, 15) is 0 Å². The van der Waals surface area contributed by atoms with E-state index in [0.29, 0.717) is 0 Å². The third-order valence-electron chi connectivity index (χ3n) is 4.62. The van der Waals surface area contributed by atoms with Crippen molar-refractivity contribution in [2.24, 2.45) is 0 Å². The fourth-order valence-corrected chi connectivity index (χ4v) is 3.32. The lowest BCUT2D eigenvalue weighted by Crippen LogP contribution is -2.26. The zero-order valence-electron chi connectivity index (χ0n) is 13.8. The highest BCUT2D eigenvalue weighted by molar-refractivity contribution is 5.92. The van der Waals surface area contributed by atoms with Gasteiger partial charge < -0.3 is 9.80 Å². The SMILES string of the molecule is C=Cc1ccc(CN2c3ccccc3N(C)c3ccccc32)cc1. The highest BCUT2D eigenvalue weighted by Gasteiger charge is 2.25. The lowest BCUT2D eigenvalue weighted by atomic mass is 10.1. The molecule has 0 N–H and O–H groups in total. The van der Waals surface area contributed by atoms with Gasteiger partial charge in [0.05, 0.1) is 22.7 Å². The maximum absolute atomic E-state index is 3.83. The topological polar surface area (TPSA) is 6.48 Å². The summed E-state index contributed by atoms with van der Waals surface area (Å²) in [4.78, 5) is 4.66. The number of benzene rings is 3. The zero-order valence-corrected chi connectivity index (χ0v) is 13.8. The highest BCUT2D eigenvalue weighted by Crippen LogP contribution is 2.47. The molecule has 3 aromatic rings. The predicted molar refractivity (Wildman–Crippen MR) is 103 cm³/mol. The van der Waals surface area contributed by atoms with Gasteiger partial charge in [-0.05, 0) is 35.4 Å². The van der Waals surface area contributed by atoms with Gasteiger partial charge in [-0.25, -0.2) is 0 Å². The van der Waals surface area contributed by atoms with Crippen molar-refractivity contribution < 1.29 is 0 Å². The van der Waals surface area contributed by atoms with Crippen LogP contribution in [0.3, 0.4) is 0 Å². The molecule has 2 nitrogen and oxygen atoms in total. The van der Waals surface area contributed by atoms with E-state index in [-0.39, 0.29) is 0 Å². The molecule has 0 spiro atoms. The average molecular weight is 312 g/mol. The summed E-state index contributed by atoms with van der Waals surface area (Å²) in [5.74, 6) is 0. The first kappa shape index (κ1) is 14.6. The third-order valence-corrected chi connectivity index (χ3v) is 4.62. The van der Waals surface area contributed by atoms with Gasteiger partial charge in [-0.2, -0.15) is 0 Å². The lowest BCUT2D eigenvalue weighted by molar-refractivity contribution is 0.949. The smallest absolute Gasteiger partial charge is 0.0655 e.